The summed E-state index contributed by atoms with van der Waals surface area (Å²) >= 11 is 0. The Morgan fingerprint density at radius 2 is 1.96 bits per heavy atom. The van der Waals surface area contributed by atoms with Crippen molar-refractivity contribution in [1.82, 2.24) is 25.4 Å². The van der Waals surface area contributed by atoms with Crippen LogP contribution in [0.25, 0.3) is 0 Å². The molecular formula is C18H28N6O. The lowest BCUT2D eigenvalue weighted by Gasteiger charge is -2.15. The summed E-state index contributed by atoms with van der Waals surface area (Å²) in [4.78, 5) is 4.62. The summed E-state index contributed by atoms with van der Waals surface area (Å²) in [5.74, 6) is 3.39. The smallest absolute Gasteiger partial charge is 0.191 e. The van der Waals surface area contributed by atoms with E-state index in [0.29, 0.717) is 12.6 Å². The molecule has 7 nitrogen and oxygen atoms in total. The van der Waals surface area contributed by atoms with Gasteiger partial charge in [-0.15, -0.1) is 10.2 Å². The van der Waals surface area contributed by atoms with Crippen molar-refractivity contribution in [2.24, 2.45) is 12.0 Å². The first kappa shape index (κ1) is 18.8. The molecule has 0 aliphatic rings. The van der Waals surface area contributed by atoms with E-state index in [2.05, 4.69) is 51.8 Å². The number of hydrogen-bond acceptors (Lipinski definition) is 4. The number of guanidine groups is 1. The Bertz CT molecular complexity index is 690. The lowest BCUT2D eigenvalue weighted by atomic mass is 10.1. The van der Waals surface area contributed by atoms with Crippen LogP contribution in [0, 0.1) is 6.92 Å². The fourth-order valence-corrected chi connectivity index (χ4v) is 2.28. The van der Waals surface area contributed by atoms with E-state index in [1.165, 1.54) is 5.56 Å². The fourth-order valence-electron chi connectivity index (χ4n) is 2.28. The van der Waals surface area contributed by atoms with Crippen LogP contribution in [0.15, 0.2) is 29.3 Å². The standard InChI is InChI=1S/C18H28N6O/c1-13(2)21-18(20-12-17-23-22-14(3)24(17)4)19-11-10-15-6-8-16(25-5)9-7-15/h6-9,13H,10-12H2,1-5H3,(H2,19,20,21). The Morgan fingerprint density at radius 1 is 1.24 bits per heavy atom. The number of aromatic nitrogens is 3. The van der Waals surface area contributed by atoms with Gasteiger partial charge in [-0.3, -0.25) is 0 Å². The van der Waals surface area contributed by atoms with Crippen molar-refractivity contribution < 1.29 is 4.74 Å². The molecule has 1 aromatic heterocycles. The van der Waals surface area contributed by atoms with Gasteiger partial charge in [0.2, 0.25) is 0 Å². The number of rotatable bonds is 7. The number of aryl methyl sites for hydroxylation is 1. The summed E-state index contributed by atoms with van der Waals surface area (Å²) in [6, 6.07) is 8.42. The molecule has 136 valence electrons. The van der Waals surface area contributed by atoms with Crippen LogP contribution in [-0.4, -0.2) is 40.4 Å². The molecule has 0 bridgehead atoms. The number of aliphatic imine (C=N–C) groups is 1. The third-order valence-electron chi connectivity index (χ3n) is 3.85. The maximum atomic E-state index is 5.18. The Hall–Kier alpha value is -2.57. The van der Waals surface area contributed by atoms with Crippen LogP contribution in [0.4, 0.5) is 0 Å². The first-order chi connectivity index (χ1) is 12.0. The van der Waals surface area contributed by atoms with Gasteiger partial charge < -0.3 is 19.9 Å². The second-order valence-electron chi connectivity index (χ2n) is 6.21. The summed E-state index contributed by atoms with van der Waals surface area (Å²) < 4.78 is 7.14. The zero-order chi connectivity index (χ0) is 18.2. The largest absolute Gasteiger partial charge is 0.497 e. The molecule has 0 aliphatic heterocycles. The molecule has 2 aromatic rings. The van der Waals surface area contributed by atoms with Crippen LogP contribution < -0.4 is 15.4 Å². The van der Waals surface area contributed by atoms with E-state index < -0.39 is 0 Å². The first-order valence-electron chi connectivity index (χ1n) is 8.52. The molecule has 0 amide bonds. The van der Waals surface area contributed by atoms with E-state index in [-0.39, 0.29) is 0 Å². The zero-order valence-corrected chi connectivity index (χ0v) is 15.7. The summed E-state index contributed by atoms with van der Waals surface area (Å²) in [5, 5.41) is 14.9. The third kappa shape index (κ3) is 5.77. The fraction of sp³-hybridized carbons (Fsp3) is 0.500. The predicted octanol–water partition coefficient (Wildman–Crippen LogP) is 1.82. The van der Waals surface area contributed by atoms with Crippen molar-refractivity contribution in [2.75, 3.05) is 13.7 Å². The van der Waals surface area contributed by atoms with Gasteiger partial charge in [0, 0.05) is 19.6 Å². The van der Waals surface area contributed by atoms with Crippen LogP contribution in [0.5, 0.6) is 5.75 Å². The molecule has 2 rings (SSSR count). The first-order valence-corrected chi connectivity index (χ1v) is 8.52. The van der Waals surface area contributed by atoms with Gasteiger partial charge >= 0.3 is 0 Å². The van der Waals surface area contributed by atoms with Crippen LogP contribution in [0.1, 0.15) is 31.1 Å². The van der Waals surface area contributed by atoms with Crippen molar-refractivity contribution in [3.63, 3.8) is 0 Å². The molecule has 0 saturated heterocycles. The van der Waals surface area contributed by atoms with E-state index in [1.807, 2.05) is 30.7 Å². The quantitative estimate of drug-likeness (QED) is 0.592. The van der Waals surface area contributed by atoms with Gasteiger partial charge in [0.25, 0.3) is 0 Å². The minimum Gasteiger partial charge on any atom is -0.497 e. The highest BCUT2D eigenvalue weighted by Gasteiger charge is 2.06. The van der Waals surface area contributed by atoms with Gasteiger partial charge in [0.05, 0.1) is 7.11 Å². The molecule has 0 fully saturated rings. The van der Waals surface area contributed by atoms with Crippen LogP contribution in [0.2, 0.25) is 0 Å². The van der Waals surface area contributed by atoms with E-state index in [0.717, 1.165) is 36.3 Å². The number of hydrogen-bond donors (Lipinski definition) is 2. The van der Waals surface area contributed by atoms with Gasteiger partial charge in [-0.25, -0.2) is 4.99 Å². The lowest BCUT2D eigenvalue weighted by molar-refractivity contribution is 0.414. The van der Waals surface area contributed by atoms with Crippen molar-refractivity contribution >= 4 is 5.96 Å². The van der Waals surface area contributed by atoms with Gasteiger partial charge in [0.1, 0.15) is 18.1 Å². The molecule has 0 radical (unpaired) electrons. The highest BCUT2D eigenvalue weighted by Crippen LogP contribution is 2.11. The summed E-state index contributed by atoms with van der Waals surface area (Å²) in [7, 11) is 3.63. The third-order valence-corrected chi connectivity index (χ3v) is 3.85. The SMILES string of the molecule is COc1ccc(CCNC(=NCc2nnc(C)n2C)NC(C)C)cc1. The van der Waals surface area contributed by atoms with Gasteiger partial charge in [0.15, 0.2) is 11.8 Å². The summed E-state index contributed by atoms with van der Waals surface area (Å²) in [6.45, 7) is 7.39. The lowest BCUT2D eigenvalue weighted by Crippen LogP contribution is -2.42. The second-order valence-corrected chi connectivity index (χ2v) is 6.21. The zero-order valence-electron chi connectivity index (χ0n) is 15.7. The van der Waals surface area contributed by atoms with Crippen molar-refractivity contribution in [2.45, 2.75) is 39.8 Å². The van der Waals surface area contributed by atoms with Crippen LogP contribution in [0.3, 0.4) is 0 Å². The number of nitrogens with zero attached hydrogens (tertiary/aromatic N) is 4. The van der Waals surface area contributed by atoms with E-state index in [9.17, 15) is 0 Å². The van der Waals surface area contributed by atoms with E-state index >= 15 is 0 Å². The minimum absolute atomic E-state index is 0.300. The number of methoxy groups -OCH3 is 1. The number of nitrogens with one attached hydrogen (secondary N) is 2. The maximum absolute atomic E-state index is 5.18. The minimum atomic E-state index is 0.300. The molecule has 1 heterocycles. The Kier molecular flexibility index (Phi) is 6.80. The van der Waals surface area contributed by atoms with Crippen molar-refractivity contribution in [1.29, 1.82) is 0 Å². The summed E-state index contributed by atoms with van der Waals surface area (Å²) in [5.41, 5.74) is 1.25. The molecule has 0 spiro atoms. The monoisotopic (exact) mass is 344 g/mol. The molecule has 0 aliphatic carbocycles. The van der Waals surface area contributed by atoms with Gasteiger partial charge in [-0.05, 0) is 44.9 Å². The average Bonchev–Trinajstić information content (AvgIpc) is 2.91. The Balaban J connectivity index is 1.92. The molecule has 7 heteroatoms. The highest BCUT2D eigenvalue weighted by molar-refractivity contribution is 5.80. The summed E-state index contributed by atoms with van der Waals surface area (Å²) in [6.07, 6.45) is 0.909. The van der Waals surface area contributed by atoms with Gasteiger partial charge in [-0.2, -0.15) is 0 Å². The molecule has 0 unspecified atom stereocenters. The van der Waals surface area contributed by atoms with E-state index in [1.54, 1.807) is 7.11 Å². The average molecular weight is 344 g/mol. The maximum Gasteiger partial charge on any atom is 0.191 e. The highest BCUT2D eigenvalue weighted by atomic mass is 16.5. The van der Waals surface area contributed by atoms with E-state index in [4.69, 9.17) is 4.74 Å². The van der Waals surface area contributed by atoms with Crippen LogP contribution >= 0.6 is 0 Å². The van der Waals surface area contributed by atoms with Crippen LogP contribution in [-0.2, 0) is 20.0 Å². The molecular weight excluding hydrogens is 316 g/mol. The van der Waals surface area contributed by atoms with Gasteiger partial charge in [-0.1, -0.05) is 12.1 Å². The Labute approximate surface area is 149 Å². The topological polar surface area (TPSA) is 76.4 Å². The predicted molar refractivity (Wildman–Crippen MR) is 99.9 cm³/mol. The molecule has 0 atom stereocenters. The molecule has 0 saturated carbocycles. The molecule has 25 heavy (non-hydrogen) atoms. The normalized spacial score (nSPS) is 11.7. The van der Waals surface area contributed by atoms with Crippen molar-refractivity contribution in [3.05, 3.63) is 41.5 Å². The number of ether oxygens (including phenoxy) is 1. The van der Waals surface area contributed by atoms with Crippen molar-refractivity contribution in [3.8, 4) is 5.75 Å². The molecule has 2 N–H and O–H groups in total. The molecule has 1 aromatic carbocycles. The number of benzene rings is 1. The Morgan fingerprint density at radius 3 is 2.52 bits per heavy atom. The second kappa shape index (κ2) is 9.05.